The standard InChI is InChI=1S/C20H22FN3O4S/c1-5-10-24(29(4,26)27)17-12-23-16(11-13(17)2)18(20(25)28-3)19(22-23)14-6-8-15(21)9-7-14/h6-9,11-12H,5,10H2,1-4H3. The summed E-state index contributed by atoms with van der Waals surface area (Å²) < 4.78 is 45.6. The molecule has 0 spiro atoms. The van der Waals surface area contributed by atoms with Gasteiger partial charge in [-0.25, -0.2) is 22.1 Å². The number of anilines is 1. The first kappa shape index (κ1) is 20.8. The zero-order valence-electron chi connectivity index (χ0n) is 16.6. The van der Waals surface area contributed by atoms with Crippen LogP contribution in [0.25, 0.3) is 16.8 Å². The van der Waals surface area contributed by atoms with Gasteiger partial charge in [0.1, 0.15) is 17.1 Å². The summed E-state index contributed by atoms with van der Waals surface area (Å²) in [7, 11) is -2.22. The van der Waals surface area contributed by atoms with Crippen LogP contribution in [-0.4, -0.2) is 43.9 Å². The monoisotopic (exact) mass is 419 g/mol. The highest BCUT2D eigenvalue weighted by atomic mass is 32.2. The Morgan fingerprint density at radius 1 is 1.28 bits per heavy atom. The van der Waals surface area contributed by atoms with E-state index < -0.39 is 21.8 Å². The number of hydrogen-bond donors (Lipinski definition) is 0. The van der Waals surface area contributed by atoms with E-state index in [1.165, 1.54) is 40.2 Å². The lowest BCUT2D eigenvalue weighted by Gasteiger charge is -2.23. The van der Waals surface area contributed by atoms with Crippen LogP contribution in [-0.2, 0) is 14.8 Å². The molecule has 9 heteroatoms. The maximum absolute atomic E-state index is 13.3. The van der Waals surface area contributed by atoms with Crippen molar-refractivity contribution in [3.63, 3.8) is 0 Å². The zero-order chi connectivity index (χ0) is 21.3. The number of hydrogen-bond acceptors (Lipinski definition) is 5. The van der Waals surface area contributed by atoms with Crippen LogP contribution in [0, 0.1) is 12.7 Å². The van der Waals surface area contributed by atoms with Crippen molar-refractivity contribution in [2.24, 2.45) is 0 Å². The number of carbonyl (C=O) groups is 1. The van der Waals surface area contributed by atoms with Crippen LogP contribution in [0.3, 0.4) is 0 Å². The summed E-state index contributed by atoms with van der Waals surface area (Å²) in [4.78, 5) is 12.5. The molecule has 0 fully saturated rings. The Bertz CT molecular complexity index is 1170. The van der Waals surface area contributed by atoms with Crippen LogP contribution < -0.4 is 4.31 Å². The number of benzene rings is 1. The topological polar surface area (TPSA) is 81.0 Å². The molecule has 0 aliphatic rings. The van der Waals surface area contributed by atoms with Crippen LogP contribution in [0.15, 0.2) is 36.5 Å². The highest BCUT2D eigenvalue weighted by Crippen LogP contribution is 2.31. The molecule has 0 aliphatic carbocycles. The molecule has 0 amide bonds. The van der Waals surface area contributed by atoms with Gasteiger partial charge in [0.2, 0.25) is 10.0 Å². The third-order valence-electron chi connectivity index (χ3n) is 4.55. The van der Waals surface area contributed by atoms with Crippen molar-refractivity contribution in [1.82, 2.24) is 9.61 Å². The van der Waals surface area contributed by atoms with Crippen molar-refractivity contribution in [2.45, 2.75) is 20.3 Å². The highest BCUT2D eigenvalue weighted by Gasteiger charge is 2.25. The summed E-state index contributed by atoms with van der Waals surface area (Å²) in [6.45, 7) is 3.98. The maximum Gasteiger partial charge on any atom is 0.342 e. The number of esters is 1. The molecular weight excluding hydrogens is 397 g/mol. The maximum atomic E-state index is 13.3. The van der Waals surface area contributed by atoms with Crippen molar-refractivity contribution < 1.29 is 22.3 Å². The molecule has 3 aromatic rings. The molecule has 154 valence electrons. The fraction of sp³-hybridized carbons (Fsp3) is 0.300. The molecular formula is C20H22FN3O4S. The Labute approximate surface area is 168 Å². The molecule has 2 heterocycles. The molecule has 0 atom stereocenters. The number of methoxy groups -OCH3 is 1. The van der Waals surface area contributed by atoms with Gasteiger partial charge in [-0.2, -0.15) is 5.10 Å². The van der Waals surface area contributed by atoms with Gasteiger partial charge in [-0.05, 0) is 49.2 Å². The Kier molecular flexibility index (Phi) is 5.61. The molecule has 0 saturated carbocycles. The number of aryl methyl sites for hydroxylation is 1. The van der Waals surface area contributed by atoms with E-state index in [-0.39, 0.29) is 5.56 Å². The van der Waals surface area contributed by atoms with Gasteiger partial charge in [-0.15, -0.1) is 0 Å². The number of rotatable bonds is 6. The Hall–Kier alpha value is -2.94. The third kappa shape index (κ3) is 3.95. The second kappa shape index (κ2) is 7.82. The summed E-state index contributed by atoms with van der Waals surface area (Å²) in [6, 6.07) is 7.32. The lowest BCUT2D eigenvalue weighted by atomic mass is 10.1. The molecule has 2 aromatic heterocycles. The number of sulfonamides is 1. The van der Waals surface area contributed by atoms with Gasteiger partial charge in [0.25, 0.3) is 0 Å². The van der Waals surface area contributed by atoms with Gasteiger partial charge in [0.15, 0.2) is 0 Å². The fourth-order valence-electron chi connectivity index (χ4n) is 3.22. The predicted octanol–water partition coefficient (Wildman–Crippen LogP) is 3.41. The second-order valence-corrected chi connectivity index (χ2v) is 8.64. The minimum Gasteiger partial charge on any atom is -0.465 e. The van der Waals surface area contributed by atoms with Gasteiger partial charge >= 0.3 is 5.97 Å². The van der Waals surface area contributed by atoms with Crippen LogP contribution >= 0.6 is 0 Å². The van der Waals surface area contributed by atoms with E-state index in [0.717, 1.165) is 6.26 Å². The first-order valence-corrected chi connectivity index (χ1v) is 10.9. The van der Waals surface area contributed by atoms with Gasteiger partial charge < -0.3 is 4.74 Å². The summed E-state index contributed by atoms with van der Waals surface area (Å²) >= 11 is 0. The van der Waals surface area contributed by atoms with Crippen LogP contribution in [0.4, 0.5) is 10.1 Å². The fourth-order valence-corrected chi connectivity index (χ4v) is 4.29. The van der Waals surface area contributed by atoms with E-state index in [0.29, 0.717) is 41.0 Å². The van der Waals surface area contributed by atoms with E-state index in [4.69, 9.17) is 4.74 Å². The molecule has 0 saturated heterocycles. The van der Waals surface area contributed by atoms with E-state index in [1.54, 1.807) is 19.2 Å². The first-order valence-electron chi connectivity index (χ1n) is 9.02. The molecule has 0 bridgehead atoms. The Balaban J connectivity index is 2.29. The molecule has 29 heavy (non-hydrogen) atoms. The van der Waals surface area contributed by atoms with Gasteiger partial charge in [0, 0.05) is 12.1 Å². The van der Waals surface area contributed by atoms with Crippen LogP contribution in [0.2, 0.25) is 0 Å². The Morgan fingerprint density at radius 2 is 1.93 bits per heavy atom. The molecule has 0 aliphatic heterocycles. The van der Waals surface area contributed by atoms with Gasteiger partial charge in [-0.3, -0.25) is 4.31 Å². The average Bonchev–Trinajstić information content (AvgIpc) is 3.03. The van der Waals surface area contributed by atoms with Crippen molar-refractivity contribution in [1.29, 1.82) is 0 Å². The van der Waals surface area contributed by atoms with Gasteiger partial charge in [0.05, 0.1) is 30.8 Å². The number of ether oxygens (including phenoxy) is 1. The van der Waals surface area contributed by atoms with Crippen LogP contribution in [0.1, 0.15) is 29.3 Å². The molecule has 0 N–H and O–H groups in total. The minimum absolute atomic E-state index is 0.232. The normalized spacial score (nSPS) is 11.6. The van der Waals surface area contributed by atoms with Crippen molar-refractivity contribution in [3.05, 3.63) is 53.5 Å². The van der Waals surface area contributed by atoms with Crippen molar-refractivity contribution in [3.8, 4) is 11.3 Å². The molecule has 3 rings (SSSR count). The van der Waals surface area contributed by atoms with Crippen molar-refractivity contribution >= 4 is 27.2 Å². The summed E-state index contributed by atoms with van der Waals surface area (Å²) in [6.07, 6.45) is 3.37. The third-order valence-corrected chi connectivity index (χ3v) is 5.73. The first-order chi connectivity index (χ1) is 13.7. The number of aromatic nitrogens is 2. The number of carbonyl (C=O) groups excluding carboxylic acids is 1. The summed E-state index contributed by atoms with van der Waals surface area (Å²) in [5.41, 5.74) is 2.73. The average molecular weight is 419 g/mol. The van der Waals surface area contributed by atoms with Crippen molar-refractivity contribution in [2.75, 3.05) is 24.2 Å². The predicted molar refractivity (Wildman–Crippen MR) is 109 cm³/mol. The molecule has 0 radical (unpaired) electrons. The SMILES string of the molecule is CCCN(c1cn2nc(-c3ccc(F)cc3)c(C(=O)OC)c2cc1C)S(C)(=O)=O. The quantitative estimate of drug-likeness (QED) is 0.572. The largest absolute Gasteiger partial charge is 0.465 e. The smallest absolute Gasteiger partial charge is 0.342 e. The summed E-state index contributed by atoms with van der Waals surface area (Å²) in [5, 5.41) is 4.48. The van der Waals surface area contributed by atoms with Crippen LogP contribution in [0.5, 0.6) is 0 Å². The second-order valence-electron chi connectivity index (χ2n) is 6.73. The van der Waals surface area contributed by atoms with Gasteiger partial charge in [-0.1, -0.05) is 6.92 Å². The summed E-state index contributed by atoms with van der Waals surface area (Å²) in [5.74, 6) is -0.987. The number of fused-ring (bicyclic) bond motifs is 1. The Morgan fingerprint density at radius 3 is 2.48 bits per heavy atom. The minimum atomic E-state index is -3.49. The molecule has 1 aromatic carbocycles. The number of nitrogens with zero attached hydrogens (tertiary/aromatic N) is 3. The highest BCUT2D eigenvalue weighted by molar-refractivity contribution is 7.92. The van der Waals surface area contributed by atoms with E-state index in [9.17, 15) is 17.6 Å². The van der Waals surface area contributed by atoms with E-state index >= 15 is 0 Å². The molecule has 0 unspecified atom stereocenters. The zero-order valence-corrected chi connectivity index (χ0v) is 17.5. The molecule has 7 nitrogen and oxygen atoms in total. The lowest BCUT2D eigenvalue weighted by Crippen LogP contribution is -2.31. The lowest BCUT2D eigenvalue weighted by molar-refractivity contribution is 0.0604. The number of pyridine rings is 1. The van der Waals surface area contributed by atoms with E-state index in [2.05, 4.69) is 5.10 Å². The van der Waals surface area contributed by atoms with E-state index in [1.807, 2.05) is 6.92 Å². The number of halogens is 1.